The molecule has 0 unspecified atom stereocenters. The van der Waals surface area contributed by atoms with Crippen LogP contribution >= 0.6 is 0 Å². The Bertz CT molecular complexity index is 371. The summed E-state index contributed by atoms with van der Waals surface area (Å²) in [6, 6.07) is 0. The van der Waals surface area contributed by atoms with Gasteiger partial charge in [0.1, 0.15) is 0 Å². The SMILES string of the molecule is C=C/C=C(/C=C\C)C(\C)=C(C)\C(C)=C\C.C=CC.CC. The highest BCUT2D eigenvalue weighted by atomic mass is 14.1. The maximum absolute atomic E-state index is 3.74. The number of rotatable bonds is 4. The second-order valence-electron chi connectivity index (χ2n) is 3.99. The summed E-state index contributed by atoms with van der Waals surface area (Å²) in [5, 5.41) is 0. The minimum Gasteiger partial charge on any atom is -0.103 e. The van der Waals surface area contributed by atoms with Gasteiger partial charge in [-0.1, -0.05) is 62.5 Å². The molecule has 0 bridgehead atoms. The molecule has 20 heavy (non-hydrogen) atoms. The van der Waals surface area contributed by atoms with Crippen molar-refractivity contribution in [1.29, 1.82) is 0 Å². The minimum atomic E-state index is 1.23. The lowest BCUT2D eigenvalue weighted by molar-refractivity contribution is 1.24. The monoisotopic (exact) mass is 274 g/mol. The predicted octanol–water partition coefficient (Wildman–Crippen LogP) is 7.20. The van der Waals surface area contributed by atoms with Crippen LogP contribution in [0.15, 0.2) is 71.9 Å². The summed E-state index contributed by atoms with van der Waals surface area (Å²) in [5.74, 6) is 0. The van der Waals surface area contributed by atoms with E-state index in [1.54, 1.807) is 6.08 Å². The molecular formula is C20H34. The first kappa shape index (κ1) is 23.5. The van der Waals surface area contributed by atoms with E-state index in [9.17, 15) is 0 Å². The molecule has 0 nitrogen and oxygen atoms in total. The van der Waals surface area contributed by atoms with Gasteiger partial charge in [0.15, 0.2) is 0 Å². The minimum absolute atomic E-state index is 1.23. The van der Waals surface area contributed by atoms with Gasteiger partial charge in [-0.2, -0.15) is 0 Å². The average molecular weight is 274 g/mol. The molecule has 0 saturated carbocycles. The third-order valence-corrected chi connectivity index (χ3v) is 2.66. The van der Waals surface area contributed by atoms with Gasteiger partial charge in [-0.15, -0.1) is 6.58 Å². The van der Waals surface area contributed by atoms with Gasteiger partial charge < -0.3 is 0 Å². The third kappa shape index (κ3) is 11.5. The zero-order valence-corrected chi connectivity index (χ0v) is 14.9. The van der Waals surface area contributed by atoms with Crippen LogP contribution in [-0.4, -0.2) is 0 Å². The molecule has 0 rings (SSSR count). The van der Waals surface area contributed by atoms with Crippen LogP contribution in [0.2, 0.25) is 0 Å². The summed E-state index contributed by atoms with van der Waals surface area (Å²) in [6.07, 6.45) is 11.9. The quantitative estimate of drug-likeness (QED) is 0.375. The highest BCUT2D eigenvalue weighted by Gasteiger charge is 2.01. The Labute approximate surface area is 128 Å². The van der Waals surface area contributed by atoms with Crippen LogP contribution in [0.3, 0.4) is 0 Å². The zero-order chi connectivity index (χ0) is 16.6. The first-order valence-corrected chi connectivity index (χ1v) is 7.33. The van der Waals surface area contributed by atoms with Crippen LogP contribution < -0.4 is 0 Å². The van der Waals surface area contributed by atoms with E-state index in [-0.39, 0.29) is 0 Å². The van der Waals surface area contributed by atoms with Crippen LogP contribution in [0.4, 0.5) is 0 Å². The lowest BCUT2D eigenvalue weighted by Gasteiger charge is -2.09. The summed E-state index contributed by atoms with van der Waals surface area (Å²) in [5.41, 5.74) is 5.20. The molecule has 0 aromatic carbocycles. The summed E-state index contributed by atoms with van der Waals surface area (Å²) in [6.45, 7) is 23.5. The highest BCUT2D eigenvalue weighted by molar-refractivity contribution is 5.47. The molecule has 0 aromatic rings. The van der Waals surface area contributed by atoms with E-state index in [1.807, 2.05) is 39.8 Å². The standard InChI is InChI=1S/C15H22.C3H6.C2H6/c1-7-10-15(11-8-2)14(6)13(5)12(4)9-3;1-3-2;1-2/h7-11H,1H2,2-6H3;3H,1H2,2H3;1-2H3/b11-8-,12-9+,14-13+,15-10-;;. The van der Waals surface area contributed by atoms with Gasteiger partial charge in [0, 0.05) is 0 Å². The zero-order valence-electron chi connectivity index (χ0n) is 14.9. The second kappa shape index (κ2) is 17.4. The fourth-order valence-electron chi connectivity index (χ4n) is 1.34. The van der Waals surface area contributed by atoms with Crippen LogP contribution in [0.5, 0.6) is 0 Å². The van der Waals surface area contributed by atoms with Crippen molar-refractivity contribution in [1.82, 2.24) is 0 Å². The first-order chi connectivity index (χ1) is 9.49. The highest BCUT2D eigenvalue weighted by Crippen LogP contribution is 2.21. The van der Waals surface area contributed by atoms with Crippen molar-refractivity contribution in [2.24, 2.45) is 0 Å². The maximum atomic E-state index is 3.74. The molecule has 0 spiro atoms. The van der Waals surface area contributed by atoms with Crippen molar-refractivity contribution in [3.05, 3.63) is 71.9 Å². The molecule has 114 valence electrons. The summed E-state index contributed by atoms with van der Waals surface area (Å²) in [4.78, 5) is 0. The number of hydrogen-bond acceptors (Lipinski definition) is 0. The molecule has 0 radical (unpaired) electrons. The molecular weight excluding hydrogens is 240 g/mol. The van der Waals surface area contributed by atoms with E-state index < -0.39 is 0 Å². The van der Waals surface area contributed by atoms with Crippen molar-refractivity contribution in [2.45, 2.75) is 55.4 Å². The van der Waals surface area contributed by atoms with E-state index in [1.165, 1.54) is 22.3 Å². The number of hydrogen-bond donors (Lipinski definition) is 0. The molecule has 0 aliphatic carbocycles. The molecule has 0 aliphatic heterocycles. The van der Waals surface area contributed by atoms with Gasteiger partial charge in [0.2, 0.25) is 0 Å². The van der Waals surface area contributed by atoms with Crippen molar-refractivity contribution in [3.63, 3.8) is 0 Å². The normalized spacial score (nSPS) is 12.6. The summed E-state index contributed by atoms with van der Waals surface area (Å²) in [7, 11) is 0. The third-order valence-electron chi connectivity index (χ3n) is 2.66. The Morgan fingerprint density at radius 1 is 0.850 bits per heavy atom. The van der Waals surface area contributed by atoms with Gasteiger partial charge in [0.05, 0.1) is 0 Å². The van der Waals surface area contributed by atoms with Crippen LogP contribution in [0.1, 0.15) is 55.4 Å². The second-order valence-corrected chi connectivity index (χ2v) is 3.99. The Hall–Kier alpha value is -1.56. The van der Waals surface area contributed by atoms with Gasteiger partial charge in [-0.25, -0.2) is 0 Å². The molecule has 0 N–H and O–H groups in total. The van der Waals surface area contributed by atoms with Crippen molar-refractivity contribution >= 4 is 0 Å². The van der Waals surface area contributed by atoms with Gasteiger partial charge in [-0.05, 0) is 58.3 Å². The average Bonchev–Trinajstić information content (AvgIpc) is 2.47. The van der Waals surface area contributed by atoms with E-state index in [4.69, 9.17) is 0 Å². The van der Waals surface area contributed by atoms with E-state index in [0.29, 0.717) is 0 Å². The fourth-order valence-corrected chi connectivity index (χ4v) is 1.34. The molecule has 0 heterocycles. The van der Waals surface area contributed by atoms with Crippen LogP contribution in [0, 0.1) is 0 Å². The lowest BCUT2D eigenvalue weighted by atomic mass is 9.97. The molecule has 0 fully saturated rings. The fraction of sp³-hybridized carbons (Fsp3) is 0.400. The Balaban J connectivity index is -0.000000505. The predicted molar refractivity (Wildman–Crippen MR) is 98.1 cm³/mol. The summed E-state index contributed by atoms with van der Waals surface area (Å²) >= 11 is 0. The Morgan fingerprint density at radius 2 is 1.30 bits per heavy atom. The molecule has 0 aliphatic rings. The maximum Gasteiger partial charge on any atom is -0.0228 e. The smallest absolute Gasteiger partial charge is 0.0228 e. The Kier molecular flexibility index (Phi) is 20.5. The Morgan fingerprint density at radius 3 is 1.60 bits per heavy atom. The van der Waals surface area contributed by atoms with E-state index in [2.05, 4.69) is 59.1 Å². The number of allylic oxidation sites excluding steroid dienone is 10. The molecule has 0 amide bonds. The molecule has 0 aromatic heterocycles. The van der Waals surface area contributed by atoms with Gasteiger partial charge in [0.25, 0.3) is 0 Å². The van der Waals surface area contributed by atoms with E-state index in [0.717, 1.165) is 0 Å². The van der Waals surface area contributed by atoms with E-state index >= 15 is 0 Å². The van der Waals surface area contributed by atoms with Crippen molar-refractivity contribution < 1.29 is 0 Å². The van der Waals surface area contributed by atoms with Gasteiger partial charge in [-0.3, -0.25) is 0 Å². The molecule has 0 saturated heterocycles. The van der Waals surface area contributed by atoms with Crippen molar-refractivity contribution in [2.75, 3.05) is 0 Å². The first-order valence-electron chi connectivity index (χ1n) is 7.33. The lowest BCUT2D eigenvalue weighted by Crippen LogP contribution is -1.89. The van der Waals surface area contributed by atoms with Crippen molar-refractivity contribution in [3.8, 4) is 0 Å². The van der Waals surface area contributed by atoms with Gasteiger partial charge >= 0.3 is 0 Å². The molecule has 0 heteroatoms. The van der Waals surface area contributed by atoms with Crippen LogP contribution in [-0.2, 0) is 0 Å². The van der Waals surface area contributed by atoms with Crippen LogP contribution in [0.25, 0.3) is 0 Å². The summed E-state index contributed by atoms with van der Waals surface area (Å²) < 4.78 is 0. The molecule has 0 atom stereocenters. The topological polar surface area (TPSA) is 0 Å². The largest absolute Gasteiger partial charge is 0.103 e.